The highest BCUT2D eigenvalue weighted by Crippen LogP contribution is 2.43. The van der Waals surface area contributed by atoms with Crippen LogP contribution >= 0.6 is 0 Å². The van der Waals surface area contributed by atoms with Crippen LogP contribution < -0.4 is 0 Å². The maximum Gasteiger partial charge on any atom is 0.437 e. The molecular formula is C10H10F6O5. The van der Waals surface area contributed by atoms with E-state index in [-0.39, 0.29) is 5.57 Å². The van der Waals surface area contributed by atoms with Crippen LogP contribution in [-0.2, 0) is 19.1 Å². The summed E-state index contributed by atoms with van der Waals surface area (Å²) in [5.74, 6) is -3.94. The topological polar surface area (TPSA) is 72.8 Å². The van der Waals surface area contributed by atoms with Crippen LogP contribution in [0, 0.1) is 0 Å². The zero-order chi connectivity index (χ0) is 17.1. The van der Waals surface area contributed by atoms with Crippen molar-refractivity contribution in [2.24, 2.45) is 0 Å². The van der Waals surface area contributed by atoms with Crippen LogP contribution in [0.2, 0.25) is 0 Å². The molecule has 0 saturated carbocycles. The van der Waals surface area contributed by atoms with Gasteiger partial charge in [0.15, 0.2) is 0 Å². The third kappa shape index (κ3) is 4.34. The molecule has 11 heteroatoms. The molecule has 0 saturated heterocycles. The van der Waals surface area contributed by atoms with Crippen LogP contribution in [0.1, 0.15) is 6.92 Å². The number of alkyl halides is 6. The summed E-state index contributed by atoms with van der Waals surface area (Å²) in [6, 6.07) is 0. The van der Waals surface area contributed by atoms with E-state index in [1.165, 1.54) is 6.92 Å². The van der Waals surface area contributed by atoms with Gasteiger partial charge in [0, 0.05) is 5.57 Å². The van der Waals surface area contributed by atoms with Gasteiger partial charge in [-0.1, -0.05) is 6.58 Å². The van der Waals surface area contributed by atoms with Gasteiger partial charge in [0.25, 0.3) is 0 Å². The van der Waals surface area contributed by atoms with Gasteiger partial charge in [0.05, 0.1) is 0 Å². The second kappa shape index (κ2) is 6.33. The van der Waals surface area contributed by atoms with Crippen molar-refractivity contribution in [3.05, 3.63) is 12.2 Å². The summed E-state index contributed by atoms with van der Waals surface area (Å²) < 4.78 is 81.3. The molecule has 0 aliphatic heterocycles. The lowest BCUT2D eigenvalue weighted by atomic mass is 10.0. The van der Waals surface area contributed by atoms with E-state index in [9.17, 15) is 35.9 Å². The van der Waals surface area contributed by atoms with E-state index in [1.54, 1.807) is 0 Å². The molecule has 0 aliphatic carbocycles. The van der Waals surface area contributed by atoms with Gasteiger partial charge in [-0.3, -0.25) is 0 Å². The van der Waals surface area contributed by atoms with E-state index in [0.29, 0.717) is 0 Å². The number of hydrogen-bond donors (Lipinski definition) is 1. The molecule has 0 amide bonds. The van der Waals surface area contributed by atoms with Crippen LogP contribution in [0.3, 0.4) is 0 Å². The van der Waals surface area contributed by atoms with Crippen molar-refractivity contribution in [3.8, 4) is 0 Å². The molecule has 0 heterocycles. The SMILES string of the molecule is C=C(C)C(=O)OCCOC(=O)C(O)(C(F)(F)F)C(F)(F)F. The molecule has 0 aliphatic rings. The number of ether oxygens (including phenoxy) is 2. The van der Waals surface area contributed by atoms with E-state index in [2.05, 4.69) is 16.1 Å². The van der Waals surface area contributed by atoms with Crippen LogP contribution in [-0.4, -0.2) is 48.2 Å². The minimum atomic E-state index is -6.32. The first kappa shape index (κ1) is 19.2. The fourth-order valence-electron chi connectivity index (χ4n) is 0.889. The van der Waals surface area contributed by atoms with Crippen LogP contribution in [0.4, 0.5) is 26.3 Å². The first-order valence-electron chi connectivity index (χ1n) is 5.10. The van der Waals surface area contributed by atoms with Crippen LogP contribution in [0.25, 0.3) is 0 Å². The largest absolute Gasteiger partial charge is 0.459 e. The molecule has 0 spiro atoms. The van der Waals surface area contributed by atoms with E-state index in [1.807, 2.05) is 0 Å². The fraction of sp³-hybridized carbons (Fsp3) is 0.600. The Kier molecular flexibility index (Phi) is 5.79. The lowest BCUT2D eigenvalue weighted by Crippen LogP contribution is -2.63. The Morgan fingerprint density at radius 1 is 1.00 bits per heavy atom. The summed E-state index contributed by atoms with van der Waals surface area (Å²) in [7, 11) is 0. The van der Waals surface area contributed by atoms with Gasteiger partial charge in [-0.2, -0.15) is 26.3 Å². The lowest BCUT2D eigenvalue weighted by molar-refractivity contribution is -0.357. The molecule has 0 radical (unpaired) electrons. The first-order valence-corrected chi connectivity index (χ1v) is 5.10. The van der Waals surface area contributed by atoms with Crippen molar-refractivity contribution < 1.29 is 50.5 Å². The molecule has 122 valence electrons. The molecule has 0 aromatic carbocycles. The molecular weight excluding hydrogens is 314 g/mol. The van der Waals surface area contributed by atoms with Crippen molar-refractivity contribution in [1.29, 1.82) is 0 Å². The standard InChI is InChI=1S/C10H10F6O5/c1-5(2)6(17)20-3-4-21-7(18)8(19,9(11,12)13)10(14,15)16/h19H,1,3-4H2,2H3. The number of carbonyl (C=O) groups excluding carboxylic acids is 2. The Bertz CT molecular complexity index is 411. The minimum Gasteiger partial charge on any atom is -0.459 e. The van der Waals surface area contributed by atoms with Crippen molar-refractivity contribution in [2.45, 2.75) is 24.9 Å². The Morgan fingerprint density at radius 3 is 1.71 bits per heavy atom. The maximum atomic E-state index is 12.2. The number of hydrogen-bond acceptors (Lipinski definition) is 5. The molecule has 0 atom stereocenters. The molecule has 0 fully saturated rings. The average molecular weight is 324 g/mol. The molecule has 0 bridgehead atoms. The van der Waals surface area contributed by atoms with Gasteiger partial charge in [-0.15, -0.1) is 0 Å². The highest BCUT2D eigenvalue weighted by molar-refractivity contribution is 5.87. The number of aliphatic hydroxyl groups is 1. The highest BCUT2D eigenvalue weighted by Gasteiger charge is 2.76. The van der Waals surface area contributed by atoms with Crippen molar-refractivity contribution in [2.75, 3.05) is 13.2 Å². The second-order valence-corrected chi connectivity index (χ2v) is 3.76. The third-order valence-corrected chi connectivity index (χ3v) is 2.01. The Labute approximate surface area is 114 Å². The van der Waals surface area contributed by atoms with Gasteiger partial charge < -0.3 is 14.6 Å². The Balaban J connectivity index is 4.75. The molecule has 1 N–H and O–H groups in total. The summed E-state index contributed by atoms with van der Waals surface area (Å²) in [5.41, 5.74) is -5.73. The number of rotatable bonds is 5. The third-order valence-electron chi connectivity index (χ3n) is 2.01. The zero-order valence-electron chi connectivity index (χ0n) is 10.5. The predicted octanol–water partition coefficient (Wildman–Crippen LogP) is 1.50. The highest BCUT2D eigenvalue weighted by atomic mass is 19.4. The molecule has 0 aromatic heterocycles. The number of esters is 2. The smallest absolute Gasteiger partial charge is 0.437 e. The molecule has 0 unspecified atom stereocenters. The summed E-state index contributed by atoms with van der Waals surface area (Å²) in [6.45, 7) is 2.48. The van der Waals surface area contributed by atoms with Crippen molar-refractivity contribution >= 4 is 11.9 Å². The van der Waals surface area contributed by atoms with E-state index in [0.717, 1.165) is 0 Å². The fourth-order valence-corrected chi connectivity index (χ4v) is 0.889. The van der Waals surface area contributed by atoms with Gasteiger partial charge in [0.1, 0.15) is 13.2 Å². The van der Waals surface area contributed by atoms with Gasteiger partial charge in [-0.25, -0.2) is 9.59 Å². The summed E-state index contributed by atoms with van der Waals surface area (Å²) in [4.78, 5) is 21.7. The van der Waals surface area contributed by atoms with Gasteiger partial charge >= 0.3 is 29.9 Å². The second-order valence-electron chi connectivity index (χ2n) is 3.76. The monoisotopic (exact) mass is 324 g/mol. The van der Waals surface area contributed by atoms with Crippen molar-refractivity contribution in [3.63, 3.8) is 0 Å². The quantitative estimate of drug-likeness (QED) is 0.359. The van der Waals surface area contributed by atoms with Gasteiger partial charge in [-0.05, 0) is 6.92 Å². The first-order chi connectivity index (χ1) is 9.25. The molecule has 0 aromatic rings. The Hall–Kier alpha value is -1.78. The van der Waals surface area contributed by atoms with E-state index in [4.69, 9.17) is 5.11 Å². The summed E-state index contributed by atoms with van der Waals surface area (Å²) >= 11 is 0. The summed E-state index contributed by atoms with van der Waals surface area (Å²) in [5, 5.41) is 8.60. The van der Waals surface area contributed by atoms with Crippen LogP contribution in [0.15, 0.2) is 12.2 Å². The van der Waals surface area contributed by atoms with E-state index < -0.39 is 43.1 Å². The number of carbonyl (C=O) groups is 2. The van der Waals surface area contributed by atoms with Gasteiger partial charge in [0.2, 0.25) is 0 Å². The average Bonchev–Trinajstić information content (AvgIpc) is 2.29. The lowest BCUT2D eigenvalue weighted by Gasteiger charge is -2.29. The normalized spacial score (nSPS) is 12.8. The number of halogens is 6. The maximum absolute atomic E-state index is 12.2. The van der Waals surface area contributed by atoms with Crippen molar-refractivity contribution in [1.82, 2.24) is 0 Å². The molecule has 21 heavy (non-hydrogen) atoms. The predicted molar refractivity (Wildman–Crippen MR) is 53.8 cm³/mol. The summed E-state index contributed by atoms with van der Waals surface area (Å²) in [6.07, 6.45) is -12.6. The van der Waals surface area contributed by atoms with E-state index >= 15 is 0 Å². The Morgan fingerprint density at radius 2 is 1.38 bits per heavy atom. The molecule has 5 nitrogen and oxygen atoms in total. The zero-order valence-corrected chi connectivity index (χ0v) is 10.5. The van der Waals surface area contributed by atoms with Crippen LogP contribution in [0.5, 0.6) is 0 Å². The molecule has 0 rings (SSSR count). The minimum absolute atomic E-state index is 0.0802.